The lowest BCUT2D eigenvalue weighted by molar-refractivity contribution is -0.0384. The maximum Gasteiger partial charge on any atom is 0.250 e. The molecule has 0 spiro atoms. The first-order chi connectivity index (χ1) is 16.3. The van der Waals surface area contributed by atoms with Crippen LogP contribution >= 0.6 is 0 Å². The van der Waals surface area contributed by atoms with E-state index in [0.717, 1.165) is 30.3 Å². The van der Waals surface area contributed by atoms with Crippen molar-refractivity contribution in [1.82, 2.24) is 24.5 Å². The topological polar surface area (TPSA) is 82.8 Å². The number of hydrogen-bond donors (Lipinski definition) is 0. The third-order valence-corrected chi connectivity index (χ3v) is 6.10. The lowest BCUT2D eigenvalue weighted by atomic mass is 9.84. The molecule has 2 fully saturated rings. The monoisotopic (exact) mass is 473 g/mol. The second-order valence-electron chi connectivity index (χ2n) is 8.78. The highest BCUT2D eigenvalue weighted by Gasteiger charge is 2.36. The van der Waals surface area contributed by atoms with Crippen molar-refractivity contribution in [1.29, 1.82) is 0 Å². The number of ether oxygens (including phenoxy) is 1. The van der Waals surface area contributed by atoms with Crippen LogP contribution in [0.3, 0.4) is 0 Å². The van der Waals surface area contributed by atoms with Gasteiger partial charge in [-0.1, -0.05) is 6.07 Å². The molecule has 7 nitrogen and oxygen atoms in total. The van der Waals surface area contributed by atoms with Gasteiger partial charge < -0.3 is 9.30 Å². The summed E-state index contributed by atoms with van der Waals surface area (Å²) in [6.45, 7) is 5.76. The molecule has 34 heavy (non-hydrogen) atoms. The highest BCUT2D eigenvalue weighted by atomic mass is 19.3. The van der Waals surface area contributed by atoms with Crippen molar-refractivity contribution in [2.24, 2.45) is 7.05 Å². The first-order valence-electron chi connectivity index (χ1n) is 11.8. The van der Waals surface area contributed by atoms with Gasteiger partial charge in [0.05, 0.1) is 17.1 Å². The van der Waals surface area contributed by atoms with E-state index in [9.17, 15) is 13.6 Å². The summed E-state index contributed by atoms with van der Waals surface area (Å²) in [4.78, 5) is 27.9. The molecule has 1 saturated heterocycles. The summed E-state index contributed by atoms with van der Waals surface area (Å²) in [5.41, 5.74) is 3.67. The van der Waals surface area contributed by atoms with Gasteiger partial charge in [0.25, 0.3) is 0 Å². The molecule has 0 bridgehead atoms. The zero-order valence-corrected chi connectivity index (χ0v) is 20.1. The molecule has 1 aliphatic carbocycles. The van der Waals surface area contributed by atoms with Gasteiger partial charge in [0, 0.05) is 51.3 Å². The fourth-order valence-electron chi connectivity index (χ4n) is 3.87. The summed E-state index contributed by atoms with van der Waals surface area (Å²) < 4.78 is 33.1. The molecule has 0 amide bonds. The minimum absolute atomic E-state index is 0.0246. The van der Waals surface area contributed by atoms with Crippen LogP contribution in [0.25, 0.3) is 11.2 Å². The Bertz CT molecular complexity index is 1110. The molecule has 3 aromatic rings. The number of fused-ring (bicyclic) bond motifs is 1. The van der Waals surface area contributed by atoms with Gasteiger partial charge >= 0.3 is 0 Å². The van der Waals surface area contributed by atoms with Gasteiger partial charge in [0.2, 0.25) is 11.5 Å². The van der Waals surface area contributed by atoms with E-state index in [-0.39, 0.29) is 24.3 Å². The molecule has 0 aromatic carbocycles. The quantitative estimate of drug-likeness (QED) is 0.500. The molecular weight excluding hydrogens is 440 g/mol. The van der Waals surface area contributed by atoms with Crippen LogP contribution in [0.5, 0.6) is 0 Å². The highest BCUT2D eigenvalue weighted by molar-refractivity contribution is 5.73. The Morgan fingerprint density at radius 1 is 1.00 bits per heavy atom. The molecule has 0 atom stereocenters. The van der Waals surface area contributed by atoms with E-state index < -0.39 is 5.92 Å². The normalized spacial score (nSPS) is 17.8. The molecule has 1 aliphatic heterocycles. The number of hydrogen-bond acceptors (Lipinski definition) is 6. The summed E-state index contributed by atoms with van der Waals surface area (Å²) in [5, 5.41) is 0. The predicted molar refractivity (Wildman–Crippen MR) is 127 cm³/mol. The van der Waals surface area contributed by atoms with Gasteiger partial charge in [0.1, 0.15) is 11.8 Å². The predicted octanol–water partition coefficient (Wildman–Crippen LogP) is 4.90. The Morgan fingerprint density at radius 3 is 2.21 bits per heavy atom. The third-order valence-electron chi connectivity index (χ3n) is 6.10. The lowest BCUT2D eigenvalue weighted by Crippen LogP contribution is -2.24. The number of rotatable bonds is 1. The molecular formula is C25H33F2N5O2. The van der Waals surface area contributed by atoms with Crippen molar-refractivity contribution >= 4 is 11.2 Å². The Morgan fingerprint density at radius 2 is 1.68 bits per heavy atom. The first-order valence-corrected chi connectivity index (χ1v) is 11.8. The summed E-state index contributed by atoms with van der Waals surface area (Å²) in [6, 6.07) is 5.07. The fourth-order valence-corrected chi connectivity index (χ4v) is 3.87. The Kier molecular flexibility index (Phi) is 9.15. The van der Waals surface area contributed by atoms with Crippen LogP contribution in [0.2, 0.25) is 0 Å². The summed E-state index contributed by atoms with van der Waals surface area (Å²) >= 11 is 0. The second kappa shape index (κ2) is 12.1. The molecule has 2 aliphatic rings. The van der Waals surface area contributed by atoms with Crippen molar-refractivity contribution in [3.8, 4) is 0 Å². The molecule has 0 N–H and O–H groups in total. The summed E-state index contributed by atoms with van der Waals surface area (Å²) in [5.74, 6) is -2.51. The second-order valence-corrected chi connectivity index (χ2v) is 8.78. The number of aryl methyl sites for hydroxylation is 3. The van der Waals surface area contributed by atoms with Crippen molar-refractivity contribution in [3.05, 3.63) is 58.2 Å². The minimum Gasteiger partial charge on any atom is -0.381 e. The number of nitrogens with zero attached hydrogens (tertiary/aromatic N) is 5. The van der Waals surface area contributed by atoms with Gasteiger partial charge in [-0.05, 0) is 52.0 Å². The van der Waals surface area contributed by atoms with Gasteiger partial charge in [-0.2, -0.15) is 0 Å². The van der Waals surface area contributed by atoms with E-state index >= 15 is 0 Å². The zero-order chi connectivity index (χ0) is 24.6. The van der Waals surface area contributed by atoms with Gasteiger partial charge in [-0.25, -0.2) is 28.7 Å². The van der Waals surface area contributed by atoms with E-state index in [1.165, 1.54) is 36.2 Å². The van der Waals surface area contributed by atoms with E-state index in [1.807, 2.05) is 19.9 Å². The smallest absolute Gasteiger partial charge is 0.250 e. The SMILES string of the molecule is C1CCOCC1.Cc1nc2ncnc(C3CCC(F)(F)CC3)c2nc1C.Cn1ccccc1=O. The zero-order valence-electron chi connectivity index (χ0n) is 20.1. The molecule has 9 heteroatoms. The summed E-state index contributed by atoms with van der Waals surface area (Å²) in [7, 11) is 1.72. The van der Waals surface area contributed by atoms with Crippen LogP contribution < -0.4 is 5.56 Å². The lowest BCUT2D eigenvalue weighted by Gasteiger charge is -2.28. The van der Waals surface area contributed by atoms with Gasteiger partial charge in [0.15, 0.2) is 5.65 Å². The van der Waals surface area contributed by atoms with E-state index in [1.54, 1.807) is 19.3 Å². The summed E-state index contributed by atoms with van der Waals surface area (Å²) in [6.07, 6.45) is 7.82. The maximum atomic E-state index is 13.3. The number of pyridine rings is 1. The molecule has 3 aromatic heterocycles. The number of alkyl halides is 2. The Labute approximate surface area is 198 Å². The van der Waals surface area contributed by atoms with Crippen LogP contribution in [-0.2, 0) is 11.8 Å². The largest absolute Gasteiger partial charge is 0.381 e. The van der Waals surface area contributed by atoms with Gasteiger partial charge in [-0.15, -0.1) is 0 Å². The molecule has 184 valence electrons. The van der Waals surface area contributed by atoms with E-state index in [0.29, 0.717) is 24.0 Å². The van der Waals surface area contributed by atoms with Crippen molar-refractivity contribution < 1.29 is 13.5 Å². The van der Waals surface area contributed by atoms with Crippen molar-refractivity contribution in [2.75, 3.05) is 13.2 Å². The van der Waals surface area contributed by atoms with Crippen LogP contribution in [0.15, 0.2) is 35.5 Å². The molecule has 0 unspecified atom stereocenters. The van der Waals surface area contributed by atoms with Crippen molar-refractivity contribution in [3.63, 3.8) is 0 Å². The van der Waals surface area contributed by atoms with Crippen LogP contribution in [-0.4, -0.2) is 43.6 Å². The third kappa shape index (κ3) is 7.35. The average molecular weight is 474 g/mol. The minimum atomic E-state index is -2.53. The fraction of sp³-hybridized carbons (Fsp3) is 0.560. The standard InChI is InChI=1S/C14H16F2N4.C6H7NO.C5H10O/c1-8-9(2)20-13-12(19-8)11(17-7-18-13)10-3-5-14(15,16)6-4-10;1-7-5-3-2-4-6(7)8;1-2-4-6-5-3-1/h7,10H,3-6H2,1-2H3;2-5H,1H3;1-5H2. The van der Waals surface area contributed by atoms with Crippen molar-refractivity contribution in [2.45, 2.75) is 70.6 Å². The highest BCUT2D eigenvalue weighted by Crippen LogP contribution is 2.41. The molecule has 1 saturated carbocycles. The number of halogens is 2. The average Bonchev–Trinajstić information content (AvgIpc) is 2.84. The molecule has 4 heterocycles. The Hall–Kier alpha value is -2.81. The van der Waals surface area contributed by atoms with Crippen LogP contribution in [0, 0.1) is 13.8 Å². The Balaban J connectivity index is 0.000000188. The maximum absolute atomic E-state index is 13.3. The van der Waals surface area contributed by atoms with Gasteiger partial charge in [-0.3, -0.25) is 4.79 Å². The van der Waals surface area contributed by atoms with Crippen LogP contribution in [0.1, 0.15) is 67.9 Å². The van der Waals surface area contributed by atoms with E-state index in [4.69, 9.17) is 4.74 Å². The van der Waals surface area contributed by atoms with Crippen LogP contribution in [0.4, 0.5) is 8.78 Å². The number of aromatic nitrogens is 5. The molecule has 0 radical (unpaired) electrons. The van der Waals surface area contributed by atoms with E-state index in [2.05, 4.69) is 19.9 Å². The molecule has 5 rings (SSSR count). The first kappa shape index (κ1) is 25.8.